The molecule has 0 radical (unpaired) electrons. The number of likely N-dealkylation sites (N-methyl/N-ethyl adjacent to an activating group) is 1. The fraction of sp³-hybridized carbons (Fsp3) is 0.750. The fourth-order valence-electron chi connectivity index (χ4n) is 9.19. The number of ketones is 1. The lowest BCUT2D eigenvalue weighted by molar-refractivity contribution is -0.296. The third-order valence-corrected chi connectivity index (χ3v) is 12.5. The van der Waals surface area contributed by atoms with Crippen molar-refractivity contribution in [1.29, 1.82) is 0 Å². The first kappa shape index (κ1) is 47.7. The SMILES string of the molecule is CCCN1C[C@H](C)[C@H]2OC/C(=N\OCc3ccc(-n4cccn4)nc3)CO[C@](C)(C[C@H]1C)[C@H](O[C@@H]1O[C@H](C)C[C@H](N(C)C)[C@H]1O)[C@@H](C)C(=O)[C@@H](C)C(=O)O[C@H](CC)[C@@]2(C)O. The summed E-state index contributed by atoms with van der Waals surface area (Å²) >= 11 is 0. The van der Waals surface area contributed by atoms with Crippen molar-refractivity contribution in [2.45, 2.75) is 155 Å². The summed E-state index contributed by atoms with van der Waals surface area (Å²) in [5.41, 5.74) is -1.75. The molecule has 60 heavy (non-hydrogen) atoms. The van der Waals surface area contributed by atoms with Crippen molar-refractivity contribution in [2.75, 3.05) is 40.4 Å². The minimum Gasteiger partial charge on any atom is -0.459 e. The van der Waals surface area contributed by atoms with Gasteiger partial charge < -0.3 is 48.5 Å². The quantitative estimate of drug-likeness (QED) is 0.198. The van der Waals surface area contributed by atoms with Crippen LogP contribution in [0, 0.1) is 17.8 Å². The summed E-state index contributed by atoms with van der Waals surface area (Å²) in [5.74, 6) is -2.93. The molecule has 2 bridgehead atoms. The lowest BCUT2D eigenvalue weighted by atomic mass is 9.79. The molecule has 4 fully saturated rings. The zero-order valence-electron chi connectivity index (χ0n) is 37.5. The minimum absolute atomic E-state index is 0.0890. The predicted octanol–water partition coefficient (Wildman–Crippen LogP) is 4.18. The van der Waals surface area contributed by atoms with Gasteiger partial charge in [0.1, 0.15) is 36.0 Å². The van der Waals surface area contributed by atoms with Gasteiger partial charge in [-0.25, -0.2) is 9.67 Å². The molecule has 0 unspecified atom stereocenters. The van der Waals surface area contributed by atoms with E-state index in [0.717, 1.165) is 18.5 Å². The van der Waals surface area contributed by atoms with Gasteiger partial charge in [-0.05, 0) is 99.0 Å². The van der Waals surface area contributed by atoms with E-state index >= 15 is 0 Å². The molecule has 336 valence electrons. The van der Waals surface area contributed by atoms with Gasteiger partial charge in [0.25, 0.3) is 0 Å². The third-order valence-electron chi connectivity index (χ3n) is 12.5. The van der Waals surface area contributed by atoms with E-state index in [1.54, 1.807) is 30.9 Å². The van der Waals surface area contributed by atoms with Gasteiger partial charge in [0.05, 0.1) is 37.1 Å². The summed E-state index contributed by atoms with van der Waals surface area (Å²) in [6.07, 6.45) is 2.01. The molecule has 4 aliphatic heterocycles. The average molecular weight is 843 g/mol. The zero-order chi connectivity index (χ0) is 43.9. The van der Waals surface area contributed by atoms with E-state index in [1.165, 1.54) is 6.92 Å². The number of aliphatic hydroxyl groups is 2. The van der Waals surface area contributed by atoms with Crippen LogP contribution in [0.15, 0.2) is 41.9 Å². The monoisotopic (exact) mass is 843 g/mol. The maximum atomic E-state index is 14.6. The highest BCUT2D eigenvalue weighted by Crippen LogP contribution is 2.38. The topological polar surface area (TPSA) is 180 Å². The van der Waals surface area contributed by atoms with Crippen LogP contribution in [0.4, 0.5) is 0 Å². The number of esters is 1. The number of carbonyl (C=O) groups is 2. The third kappa shape index (κ3) is 11.2. The number of aromatic nitrogens is 3. The summed E-state index contributed by atoms with van der Waals surface area (Å²) in [4.78, 5) is 43.2. The summed E-state index contributed by atoms with van der Waals surface area (Å²) < 4.78 is 34.6. The number of carbonyl (C=O) groups excluding carboxylic acids is 2. The van der Waals surface area contributed by atoms with Crippen molar-refractivity contribution in [3.05, 3.63) is 42.4 Å². The van der Waals surface area contributed by atoms with Crippen LogP contribution in [0.25, 0.3) is 5.82 Å². The van der Waals surface area contributed by atoms with Gasteiger partial charge in [-0.3, -0.25) is 9.59 Å². The minimum atomic E-state index is -1.67. The summed E-state index contributed by atoms with van der Waals surface area (Å²) in [6, 6.07) is 5.14. The first-order valence-corrected chi connectivity index (χ1v) is 21.6. The van der Waals surface area contributed by atoms with Crippen molar-refractivity contribution < 1.29 is 48.3 Å². The van der Waals surface area contributed by atoms with Crippen molar-refractivity contribution in [1.82, 2.24) is 24.6 Å². The second-order valence-electron chi connectivity index (χ2n) is 17.9. The number of aliphatic hydroxyl groups excluding tert-OH is 1. The number of Topliss-reactive ketones (excluding diaryl/α,β-unsaturated/α-hetero) is 1. The molecule has 0 aromatic carbocycles. The molecule has 0 saturated carbocycles. The number of nitrogens with zero attached hydrogens (tertiary/aromatic N) is 6. The Balaban J connectivity index is 1.60. The van der Waals surface area contributed by atoms with Crippen LogP contribution in [0.1, 0.15) is 93.6 Å². The first-order chi connectivity index (χ1) is 28.4. The molecule has 0 aliphatic carbocycles. The van der Waals surface area contributed by atoms with Crippen LogP contribution in [-0.4, -0.2) is 153 Å². The largest absolute Gasteiger partial charge is 0.459 e. The summed E-state index contributed by atoms with van der Waals surface area (Å²) in [6.45, 7) is 18.0. The van der Waals surface area contributed by atoms with Gasteiger partial charge in [-0.2, -0.15) is 5.10 Å². The molecule has 6 rings (SSSR count). The van der Waals surface area contributed by atoms with E-state index < -0.39 is 65.5 Å². The molecule has 13 atom stereocenters. The summed E-state index contributed by atoms with van der Waals surface area (Å²) in [7, 11) is 3.80. The van der Waals surface area contributed by atoms with E-state index in [2.05, 4.69) is 34.0 Å². The molecular weight excluding hydrogens is 773 g/mol. The van der Waals surface area contributed by atoms with Crippen LogP contribution >= 0.6 is 0 Å². The lowest BCUT2D eigenvalue weighted by Crippen LogP contribution is -2.60. The molecular formula is C44H70N6O10. The molecule has 4 saturated heterocycles. The molecule has 16 nitrogen and oxygen atoms in total. The van der Waals surface area contributed by atoms with Crippen LogP contribution in [0.2, 0.25) is 0 Å². The Morgan fingerprint density at radius 3 is 2.47 bits per heavy atom. The average Bonchev–Trinajstić information content (AvgIpc) is 3.75. The van der Waals surface area contributed by atoms with E-state index in [9.17, 15) is 19.8 Å². The molecule has 2 N–H and O–H groups in total. The van der Waals surface area contributed by atoms with E-state index in [1.807, 2.05) is 71.1 Å². The molecule has 16 heteroatoms. The van der Waals surface area contributed by atoms with Gasteiger partial charge in [0, 0.05) is 48.7 Å². The zero-order valence-corrected chi connectivity index (χ0v) is 37.5. The number of pyridine rings is 1. The maximum Gasteiger partial charge on any atom is 0.316 e. The fourth-order valence-corrected chi connectivity index (χ4v) is 9.19. The van der Waals surface area contributed by atoms with Gasteiger partial charge in [-0.15, -0.1) is 0 Å². The Labute approximate surface area is 355 Å². The number of ether oxygens (including phenoxy) is 5. The molecule has 2 aromatic rings. The van der Waals surface area contributed by atoms with E-state index in [4.69, 9.17) is 28.5 Å². The Morgan fingerprint density at radius 2 is 1.83 bits per heavy atom. The Morgan fingerprint density at radius 1 is 1.08 bits per heavy atom. The molecule has 2 aromatic heterocycles. The van der Waals surface area contributed by atoms with Crippen LogP contribution in [0.5, 0.6) is 0 Å². The van der Waals surface area contributed by atoms with E-state index in [-0.39, 0.29) is 50.3 Å². The van der Waals surface area contributed by atoms with Crippen molar-refractivity contribution in [3.8, 4) is 5.82 Å². The highest BCUT2D eigenvalue weighted by atomic mass is 16.7. The Bertz CT molecular complexity index is 1710. The summed E-state index contributed by atoms with van der Waals surface area (Å²) in [5, 5.41) is 32.9. The number of rotatable bonds is 10. The van der Waals surface area contributed by atoms with Gasteiger partial charge in [0.15, 0.2) is 17.9 Å². The van der Waals surface area contributed by atoms with Gasteiger partial charge >= 0.3 is 5.97 Å². The first-order valence-electron chi connectivity index (χ1n) is 21.6. The standard InChI is InChI=1S/C44H70N6O10/c1-12-18-49-23-27(3)39-44(9,54)35(13-2)59-41(53)31(7)37(51)30(6)40(60-42-38(52)34(48(10)11)20-29(5)58-42)43(8,21-28(49)4)56-26-33(25-55-39)47-57-24-32-15-16-36(45-22-32)50-19-14-17-46-50/h14-17,19,22,27-31,34-35,38-40,42,52,54H,12-13,18,20-21,23-26H2,1-11H3/b47-33+/t27-,28+,29+,30-,31+,34-,35+,38+,39+,40+,42-,43+,44+/m0/s1. The van der Waals surface area contributed by atoms with Crippen molar-refractivity contribution in [3.63, 3.8) is 0 Å². The smallest absolute Gasteiger partial charge is 0.316 e. The number of hydrogen-bond acceptors (Lipinski definition) is 15. The van der Waals surface area contributed by atoms with Crippen molar-refractivity contribution >= 4 is 17.5 Å². The number of oxime groups is 1. The molecule has 4 aliphatic rings. The number of fused-ring (bicyclic) bond motifs is 15. The normalized spacial score (nSPS) is 37.5. The Kier molecular flexibility index (Phi) is 16.4. The maximum absolute atomic E-state index is 14.6. The van der Waals surface area contributed by atoms with Crippen LogP contribution in [-0.2, 0) is 44.7 Å². The van der Waals surface area contributed by atoms with Crippen molar-refractivity contribution in [2.24, 2.45) is 22.9 Å². The van der Waals surface area contributed by atoms with Gasteiger partial charge in [0.2, 0.25) is 0 Å². The molecule has 0 amide bonds. The molecule has 6 heterocycles. The molecule has 0 spiro atoms. The lowest BCUT2D eigenvalue weighted by Gasteiger charge is -2.48. The van der Waals surface area contributed by atoms with Gasteiger partial charge in [-0.1, -0.05) is 38.9 Å². The number of hydrogen-bond donors (Lipinski definition) is 2. The second-order valence-corrected chi connectivity index (χ2v) is 17.9. The highest BCUT2D eigenvalue weighted by molar-refractivity contribution is 6.00. The van der Waals surface area contributed by atoms with Crippen LogP contribution < -0.4 is 0 Å². The second kappa shape index (κ2) is 20.7. The van der Waals surface area contributed by atoms with E-state index in [0.29, 0.717) is 30.9 Å². The Hall–Kier alpha value is -3.35. The van der Waals surface area contributed by atoms with Crippen LogP contribution in [0.3, 0.4) is 0 Å². The highest BCUT2D eigenvalue weighted by Gasteiger charge is 2.52. The predicted molar refractivity (Wildman–Crippen MR) is 224 cm³/mol.